The molecular formula is C27H33NO2. The van der Waals surface area contributed by atoms with E-state index in [0.29, 0.717) is 24.1 Å². The largest absolute Gasteiger partial charge is 0.309 e. The highest BCUT2D eigenvalue weighted by Crippen LogP contribution is 2.46. The molecule has 0 saturated carbocycles. The van der Waals surface area contributed by atoms with E-state index in [9.17, 15) is 9.59 Å². The number of nitrogens with zero attached hydrogens (tertiary/aromatic N) is 1. The summed E-state index contributed by atoms with van der Waals surface area (Å²) >= 11 is 0. The maximum Gasteiger partial charge on any atom is 0.253 e. The van der Waals surface area contributed by atoms with Crippen LogP contribution in [0.25, 0.3) is 0 Å². The second-order valence-corrected chi connectivity index (χ2v) is 9.74. The molecule has 0 aromatic heterocycles. The molecule has 1 amide bonds. The third-order valence-corrected chi connectivity index (χ3v) is 6.60. The minimum absolute atomic E-state index is 0.0105. The Kier molecular flexibility index (Phi) is 6.06. The van der Waals surface area contributed by atoms with Crippen molar-refractivity contribution in [3.63, 3.8) is 0 Å². The molecule has 0 bridgehead atoms. The summed E-state index contributed by atoms with van der Waals surface area (Å²) in [5.41, 5.74) is 6.24. The van der Waals surface area contributed by atoms with Gasteiger partial charge in [0.15, 0.2) is 0 Å². The topological polar surface area (TPSA) is 37.4 Å². The molecule has 1 aromatic carbocycles. The van der Waals surface area contributed by atoms with E-state index < -0.39 is 0 Å². The molecule has 2 aliphatic rings. The van der Waals surface area contributed by atoms with Gasteiger partial charge in [-0.2, -0.15) is 0 Å². The molecule has 0 fully saturated rings. The maximum absolute atomic E-state index is 13.3. The number of hydrogen-bond donors (Lipinski definition) is 0. The lowest BCUT2D eigenvalue weighted by molar-refractivity contribution is -0.115. The Morgan fingerprint density at radius 2 is 1.77 bits per heavy atom. The lowest BCUT2D eigenvalue weighted by atomic mass is 9.63. The van der Waals surface area contributed by atoms with Crippen LogP contribution in [0.2, 0.25) is 0 Å². The summed E-state index contributed by atoms with van der Waals surface area (Å²) in [6.07, 6.45) is 10.4. The fraction of sp³-hybridized carbons (Fsp3) is 0.444. The molecule has 3 nitrogen and oxygen atoms in total. The van der Waals surface area contributed by atoms with Crippen LogP contribution in [0.15, 0.2) is 59.2 Å². The monoisotopic (exact) mass is 403 g/mol. The number of carbonyl (C=O) groups is 1. The number of anilines is 1. The first-order valence-corrected chi connectivity index (χ1v) is 10.9. The Balaban J connectivity index is 1.92. The van der Waals surface area contributed by atoms with Crippen molar-refractivity contribution < 1.29 is 9.59 Å². The summed E-state index contributed by atoms with van der Waals surface area (Å²) in [6, 6.07) is 6.55. The first-order chi connectivity index (χ1) is 14.1. The van der Waals surface area contributed by atoms with Crippen molar-refractivity contribution in [2.45, 2.75) is 71.6 Å². The van der Waals surface area contributed by atoms with Gasteiger partial charge in [0.1, 0.15) is 5.94 Å². The highest BCUT2D eigenvalue weighted by molar-refractivity contribution is 6.05. The van der Waals surface area contributed by atoms with Gasteiger partial charge in [-0.15, -0.1) is 0 Å². The molecule has 3 rings (SSSR count). The molecule has 2 aliphatic carbocycles. The van der Waals surface area contributed by atoms with Crippen molar-refractivity contribution in [1.82, 2.24) is 0 Å². The first kappa shape index (κ1) is 22.1. The van der Waals surface area contributed by atoms with Crippen molar-refractivity contribution in [1.29, 1.82) is 0 Å². The number of benzene rings is 1. The Morgan fingerprint density at radius 3 is 2.33 bits per heavy atom. The van der Waals surface area contributed by atoms with Crippen LogP contribution < -0.4 is 4.90 Å². The molecular weight excluding hydrogens is 370 g/mol. The number of carbonyl (C=O) groups excluding carboxylic acids is 2. The van der Waals surface area contributed by atoms with Crippen LogP contribution in [-0.2, 0) is 20.4 Å². The maximum atomic E-state index is 13.3. The molecule has 0 saturated heterocycles. The number of rotatable bonds is 4. The van der Waals surface area contributed by atoms with Crippen molar-refractivity contribution in [2.75, 3.05) is 11.4 Å². The average molecular weight is 404 g/mol. The molecule has 0 atom stereocenters. The van der Waals surface area contributed by atoms with E-state index in [0.717, 1.165) is 17.7 Å². The van der Waals surface area contributed by atoms with Crippen molar-refractivity contribution in [3.05, 3.63) is 70.3 Å². The Labute approximate surface area is 180 Å². The Bertz CT molecular complexity index is 998. The minimum Gasteiger partial charge on any atom is -0.309 e. The zero-order valence-corrected chi connectivity index (χ0v) is 19.1. The number of likely N-dealkylation sites (N-methyl/N-ethyl adjacent to an activating group) is 1. The summed E-state index contributed by atoms with van der Waals surface area (Å²) < 4.78 is 0. The predicted molar refractivity (Wildman–Crippen MR) is 125 cm³/mol. The van der Waals surface area contributed by atoms with Gasteiger partial charge < -0.3 is 4.90 Å². The van der Waals surface area contributed by atoms with E-state index in [-0.39, 0.29) is 16.7 Å². The van der Waals surface area contributed by atoms with Gasteiger partial charge in [0.2, 0.25) is 0 Å². The quantitative estimate of drug-likeness (QED) is 0.458. The fourth-order valence-corrected chi connectivity index (χ4v) is 4.46. The van der Waals surface area contributed by atoms with E-state index in [1.165, 1.54) is 17.5 Å². The summed E-state index contributed by atoms with van der Waals surface area (Å²) in [5.74, 6) is 1.94. The number of allylic oxidation sites excluding steroid dienone is 6. The molecule has 0 aliphatic heterocycles. The van der Waals surface area contributed by atoms with Gasteiger partial charge in [0.05, 0.1) is 0 Å². The van der Waals surface area contributed by atoms with Crippen LogP contribution in [0.5, 0.6) is 0 Å². The van der Waals surface area contributed by atoms with Gasteiger partial charge in [0.25, 0.3) is 5.91 Å². The van der Waals surface area contributed by atoms with Crippen molar-refractivity contribution in [2.24, 2.45) is 0 Å². The third-order valence-electron chi connectivity index (χ3n) is 6.60. The molecule has 158 valence electrons. The lowest BCUT2D eigenvalue weighted by Crippen LogP contribution is -2.35. The fourth-order valence-electron chi connectivity index (χ4n) is 4.46. The van der Waals surface area contributed by atoms with Gasteiger partial charge >= 0.3 is 0 Å². The molecule has 0 N–H and O–H groups in total. The summed E-state index contributed by atoms with van der Waals surface area (Å²) in [4.78, 5) is 25.9. The highest BCUT2D eigenvalue weighted by Gasteiger charge is 2.37. The van der Waals surface area contributed by atoms with Gasteiger partial charge in [-0.1, -0.05) is 45.9 Å². The van der Waals surface area contributed by atoms with E-state index >= 15 is 0 Å². The molecule has 1 aromatic rings. The molecule has 3 heteroatoms. The van der Waals surface area contributed by atoms with E-state index in [1.54, 1.807) is 6.08 Å². The number of fused-ring (bicyclic) bond motifs is 1. The van der Waals surface area contributed by atoms with Crippen molar-refractivity contribution >= 4 is 17.5 Å². The standard InChI is InChI=1S/C27H33NO2/c1-7-28(25(30)19(2)16-20-8-10-21(18-29)11-9-20)22-12-13-23-24(17-22)27(5,6)15-14-26(23,3)4/h8-10,12-13,16-17H,7,11,14-15H2,1-6H3. The number of hydrogen-bond acceptors (Lipinski definition) is 2. The zero-order chi connectivity index (χ0) is 22.1. The van der Waals surface area contributed by atoms with Crippen LogP contribution in [0, 0.1) is 0 Å². The van der Waals surface area contributed by atoms with Crippen LogP contribution in [-0.4, -0.2) is 18.4 Å². The van der Waals surface area contributed by atoms with E-state index in [4.69, 9.17) is 0 Å². The van der Waals surface area contributed by atoms with Gasteiger partial charge in [0, 0.05) is 29.8 Å². The Hall–Kier alpha value is -2.64. The smallest absolute Gasteiger partial charge is 0.253 e. The Morgan fingerprint density at radius 1 is 1.10 bits per heavy atom. The highest BCUT2D eigenvalue weighted by atomic mass is 16.2. The first-order valence-electron chi connectivity index (χ1n) is 10.9. The summed E-state index contributed by atoms with van der Waals surface area (Å²) in [5, 5.41) is 0. The molecule has 0 unspecified atom stereocenters. The van der Waals surface area contributed by atoms with Crippen LogP contribution in [0.3, 0.4) is 0 Å². The SMILES string of the molecule is CCN(C(=O)C(C)=CC1=CCC(=C=O)C=C1)c1ccc2c(c1)C(C)(C)CCC2(C)C. The van der Waals surface area contributed by atoms with Crippen molar-refractivity contribution in [3.8, 4) is 0 Å². The summed E-state index contributed by atoms with van der Waals surface area (Å²) in [6.45, 7) is 13.7. The average Bonchev–Trinajstić information content (AvgIpc) is 2.72. The van der Waals surface area contributed by atoms with E-state index in [1.807, 2.05) is 42.9 Å². The zero-order valence-electron chi connectivity index (χ0n) is 19.1. The van der Waals surface area contributed by atoms with Crippen LogP contribution >= 0.6 is 0 Å². The number of amides is 1. The van der Waals surface area contributed by atoms with Crippen LogP contribution in [0.4, 0.5) is 5.69 Å². The minimum atomic E-state index is 0.0105. The second-order valence-electron chi connectivity index (χ2n) is 9.74. The molecule has 30 heavy (non-hydrogen) atoms. The van der Waals surface area contributed by atoms with Crippen LogP contribution in [0.1, 0.15) is 71.9 Å². The normalized spacial score (nSPS) is 19.6. The third kappa shape index (κ3) is 4.27. The second kappa shape index (κ2) is 8.24. The van der Waals surface area contributed by atoms with Gasteiger partial charge in [-0.05, 0) is 78.5 Å². The van der Waals surface area contributed by atoms with Gasteiger partial charge in [-0.25, -0.2) is 4.79 Å². The van der Waals surface area contributed by atoms with Gasteiger partial charge in [-0.3, -0.25) is 4.79 Å². The molecule has 0 heterocycles. The summed E-state index contributed by atoms with van der Waals surface area (Å²) in [7, 11) is 0. The van der Waals surface area contributed by atoms with E-state index in [2.05, 4.69) is 45.9 Å². The molecule has 0 spiro atoms. The molecule has 0 radical (unpaired) electrons. The predicted octanol–water partition coefficient (Wildman–Crippen LogP) is 5.98. The lowest BCUT2D eigenvalue weighted by Gasteiger charge is -2.42.